The summed E-state index contributed by atoms with van der Waals surface area (Å²) in [6, 6.07) is 14.1. The number of hydrogen-bond donors (Lipinski definition) is 4. The van der Waals surface area contributed by atoms with Gasteiger partial charge in [0.1, 0.15) is 0 Å². The van der Waals surface area contributed by atoms with Crippen LogP contribution in [0.2, 0.25) is 0 Å². The molecule has 0 unspecified atom stereocenters. The average molecular weight is 326 g/mol. The van der Waals surface area contributed by atoms with E-state index >= 15 is 0 Å². The standard InChI is InChI=1S/C18H22N4O2/c1-12-3-5-14(6-4-12)11-20-18(24)21-13(2)15-7-9-16(10-8-15)22-17(19)23/h3-10,13H,11H2,1-2H3,(H3,19,22,23)(H2,20,21,24)/t13-/m0/s1. The molecular formula is C18H22N4O2. The van der Waals surface area contributed by atoms with Crippen LogP contribution in [0.3, 0.4) is 0 Å². The molecule has 6 nitrogen and oxygen atoms in total. The summed E-state index contributed by atoms with van der Waals surface area (Å²) in [6.45, 7) is 4.39. The van der Waals surface area contributed by atoms with Crippen LogP contribution >= 0.6 is 0 Å². The topological polar surface area (TPSA) is 96.2 Å². The Hall–Kier alpha value is -3.02. The third-order valence-electron chi connectivity index (χ3n) is 3.60. The highest BCUT2D eigenvalue weighted by Crippen LogP contribution is 2.15. The van der Waals surface area contributed by atoms with Gasteiger partial charge in [0, 0.05) is 12.2 Å². The summed E-state index contributed by atoms with van der Waals surface area (Å²) in [5.74, 6) is 0. The van der Waals surface area contributed by atoms with Gasteiger partial charge >= 0.3 is 12.1 Å². The molecule has 0 aliphatic carbocycles. The van der Waals surface area contributed by atoms with Crippen molar-refractivity contribution in [2.75, 3.05) is 5.32 Å². The highest BCUT2D eigenvalue weighted by Gasteiger charge is 2.09. The summed E-state index contributed by atoms with van der Waals surface area (Å²) in [5.41, 5.74) is 8.83. The number of aryl methyl sites for hydroxylation is 1. The zero-order chi connectivity index (χ0) is 17.5. The number of nitrogens with two attached hydrogens (primary N) is 1. The maximum atomic E-state index is 12.0. The second-order valence-electron chi connectivity index (χ2n) is 5.65. The molecule has 0 heterocycles. The molecule has 0 radical (unpaired) electrons. The first kappa shape index (κ1) is 17.3. The van der Waals surface area contributed by atoms with Gasteiger partial charge in [0.15, 0.2) is 0 Å². The monoisotopic (exact) mass is 326 g/mol. The summed E-state index contributed by atoms with van der Waals surface area (Å²) in [6.07, 6.45) is 0. The van der Waals surface area contributed by atoms with Crippen LogP contribution in [0.4, 0.5) is 15.3 Å². The highest BCUT2D eigenvalue weighted by atomic mass is 16.2. The van der Waals surface area contributed by atoms with Crippen LogP contribution in [-0.4, -0.2) is 12.1 Å². The van der Waals surface area contributed by atoms with E-state index in [0.717, 1.165) is 11.1 Å². The number of amides is 4. The SMILES string of the molecule is Cc1ccc(CNC(=O)N[C@@H](C)c2ccc(NC(N)=O)cc2)cc1. The summed E-state index contributed by atoms with van der Waals surface area (Å²) in [5, 5.41) is 8.20. The van der Waals surface area contributed by atoms with Crippen LogP contribution in [0.1, 0.15) is 29.7 Å². The van der Waals surface area contributed by atoms with Gasteiger partial charge in [-0.05, 0) is 37.1 Å². The van der Waals surface area contributed by atoms with Crippen molar-refractivity contribution in [2.45, 2.75) is 26.4 Å². The molecule has 2 aromatic carbocycles. The van der Waals surface area contributed by atoms with Crippen LogP contribution in [0, 0.1) is 6.92 Å². The lowest BCUT2D eigenvalue weighted by atomic mass is 10.1. The van der Waals surface area contributed by atoms with E-state index in [0.29, 0.717) is 12.2 Å². The Morgan fingerprint density at radius 3 is 2.25 bits per heavy atom. The fourth-order valence-corrected chi connectivity index (χ4v) is 2.22. The summed E-state index contributed by atoms with van der Waals surface area (Å²) >= 11 is 0. The molecule has 0 saturated heterocycles. The molecule has 1 atom stereocenters. The fraction of sp³-hybridized carbons (Fsp3) is 0.222. The molecule has 0 spiro atoms. The number of benzene rings is 2. The van der Waals surface area contributed by atoms with E-state index in [1.165, 1.54) is 5.56 Å². The normalized spacial score (nSPS) is 11.4. The Morgan fingerprint density at radius 1 is 1.04 bits per heavy atom. The molecule has 0 fully saturated rings. The molecule has 0 aliphatic heterocycles. The zero-order valence-corrected chi connectivity index (χ0v) is 13.8. The van der Waals surface area contributed by atoms with E-state index in [1.807, 2.05) is 50.2 Å². The van der Waals surface area contributed by atoms with E-state index in [-0.39, 0.29) is 12.1 Å². The van der Waals surface area contributed by atoms with Crippen molar-refractivity contribution in [3.8, 4) is 0 Å². The molecule has 2 aromatic rings. The molecule has 0 bridgehead atoms. The number of urea groups is 2. The van der Waals surface area contributed by atoms with Crippen LogP contribution in [-0.2, 0) is 6.54 Å². The Balaban J connectivity index is 1.84. The van der Waals surface area contributed by atoms with E-state index in [1.54, 1.807) is 12.1 Å². The number of carbonyl (C=O) groups is 2. The predicted octanol–water partition coefficient (Wildman–Crippen LogP) is 3.05. The second-order valence-corrected chi connectivity index (χ2v) is 5.65. The van der Waals surface area contributed by atoms with Gasteiger partial charge in [-0.15, -0.1) is 0 Å². The molecule has 0 aromatic heterocycles. The number of hydrogen-bond acceptors (Lipinski definition) is 2. The van der Waals surface area contributed by atoms with Crippen LogP contribution < -0.4 is 21.7 Å². The Labute approximate surface area is 141 Å². The minimum absolute atomic E-state index is 0.161. The first-order chi connectivity index (χ1) is 11.4. The molecule has 126 valence electrons. The van der Waals surface area contributed by atoms with Gasteiger partial charge in [-0.1, -0.05) is 42.0 Å². The Morgan fingerprint density at radius 2 is 1.67 bits per heavy atom. The molecule has 24 heavy (non-hydrogen) atoms. The van der Waals surface area contributed by atoms with E-state index in [9.17, 15) is 9.59 Å². The zero-order valence-electron chi connectivity index (χ0n) is 13.8. The van der Waals surface area contributed by atoms with Crippen molar-refractivity contribution < 1.29 is 9.59 Å². The quantitative estimate of drug-likeness (QED) is 0.679. The van der Waals surface area contributed by atoms with Gasteiger partial charge in [-0.2, -0.15) is 0 Å². The van der Waals surface area contributed by atoms with Gasteiger partial charge in [0.25, 0.3) is 0 Å². The molecule has 0 aliphatic rings. The Kier molecular flexibility index (Phi) is 5.78. The fourth-order valence-electron chi connectivity index (χ4n) is 2.22. The van der Waals surface area contributed by atoms with Gasteiger partial charge in [0.2, 0.25) is 0 Å². The van der Waals surface area contributed by atoms with Crippen molar-refractivity contribution in [1.29, 1.82) is 0 Å². The molecule has 4 amide bonds. The first-order valence-electron chi connectivity index (χ1n) is 7.70. The van der Waals surface area contributed by atoms with Crippen molar-refractivity contribution in [1.82, 2.24) is 10.6 Å². The smallest absolute Gasteiger partial charge is 0.316 e. The second kappa shape index (κ2) is 8.01. The lowest BCUT2D eigenvalue weighted by Crippen LogP contribution is -2.36. The van der Waals surface area contributed by atoms with Gasteiger partial charge in [-0.3, -0.25) is 0 Å². The number of primary amides is 1. The van der Waals surface area contributed by atoms with Crippen molar-refractivity contribution in [3.63, 3.8) is 0 Å². The van der Waals surface area contributed by atoms with Crippen LogP contribution in [0.15, 0.2) is 48.5 Å². The molecule has 6 heteroatoms. The number of nitrogens with one attached hydrogen (secondary N) is 3. The van der Waals surface area contributed by atoms with Gasteiger partial charge in [-0.25, -0.2) is 9.59 Å². The molecule has 0 saturated carbocycles. The summed E-state index contributed by atoms with van der Waals surface area (Å²) < 4.78 is 0. The van der Waals surface area contributed by atoms with E-state index in [2.05, 4.69) is 16.0 Å². The predicted molar refractivity (Wildman–Crippen MR) is 94.6 cm³/mol. The molecule has 5 N–H and O–H groups in total. The summed E-state index contributed by atoms with van der Waals surface area (Å²) in [7, 11) is 0. The van der Waals surface area contributed by atoms with Gasteiger partial charge in [0.05, 0.1) is 6.04 Å². The third kappa shape index (κ3) is 5.31. The van der Waals surface area contributed by atoms with E-state index in [4.69, 9.17) is 5.73 Å². The minimum atomic E-state index is -0.607. The lowest BCUT2D eigenvalue weighted by molar-refractivity contribution is 0.237. The lowest BCUT2D eigenvalue weighted by Gasteiger charge is -2.15. The number of rotatable bonds is 5. The maximum Gasteiger partial charge on any atom is 0.316 e. The largest absolute Gasteiger partial charge is 0.351 e. The van der Waals surface area contributed by atoms with E-state index < -0.39 is 6.03 Å². The van der Waals surface area contributed by atoms with Crippen molar-refractivity contribution in [3.05, 3.63) is 65.2 Å². The molecular weight excluding hydrogens is 304 g/mol. The number of carbonyl (C=O) groups excluding carboxylic acids is 2. The average Bonchev–Trinajstić information content (AvgIpc) is 2.54. The van der Waals surface area contributed by atoms with Gasteiger partial charge < -0.3 is 21.7 Å². The van der Waals surface area contributed by atoms with Crippen LogP contribution in [0.5, 0.6) is 0 Å². The first-order valence-corrected chi connectivity index (χ1v) is 7.70. The minimum Gasteiger partial charge on any atom is -0.351 e. The highest BCUT2D eigenvalue weighted by molar-refractivity contribution is 5.87. The summed E-state index contributed by atoms with van der Waals surface area (Å²) in [4.78, 5) is 22.8. The van der Waals surface area contributed by atoms with Crippen LogP contribution in [0.25, 0.3) is 0 Å². The van der Waals surface area contributed by atoms with Crippen molar-refractivity contribution >= 4 is 17.7 Å². The number of anilines is 1. The van der Waals surface area contributed by atoms with Crippen molar-refractivity contribution in [2.24, 2.45) is 5.73 Å². The maximum absolute atomic E-state index is 12.0. The Bertz CT molecular complexity index is 696. The molecule has 2 rings (SSSR count). The third-order valence-corrected chi connectivity index (χ3v) is 3.60.